The van der Waals surface area contributed by atoms with Gasteiger partial charge in [0.05, 0.1) is 6.61 Å². The largest absolute Gasteiger partial charge is 0.461 e. The number of carbonyl (C=O) groups is 1. The van der Waals surface area contributed by atoms with E-state index in [1.807, 2.05) is 13.2 Å². The molecule has 0 aromatic carbocycles. The van der Waals surface area contributed by atoms with Gasteiger partial charge in [0, 0.05) is 18.8 Å². The van der Waals surface area contributed by atoms with Gasteiger partial charge in [-0.2, -0.15) is 5.10 Å². The first-order valence-corrected chi connectivity index (χ1v) is 5.61. The van der Waals surface area contributed by atoms with Gasteiger partial charge in [-0.3, -0.25) is 4.68 Å². The molecule has 0 spiro atoms. The lowest BCUT2D eigenvalue weighted by atomic mass is 9.95. The average Bonchev–Trinajstić information content (AvgIpc) is 2.54. The number of hydrogen-bond donors (Lipinski definition) is 1. The van der Waals surface area contributed by atoms with E-state index in [4.69, 9.17) is 4.74 Å². The molecule has 0 aliphatic carbocycles. The van der Waals surface area contributed by atoms with Gasteiger partial charge in [0.2, 0.25) is 0 Å². The number of aryl methyl sites for hydroxylation is 1. The molecule has 1 saturated heterocycles. The van der Waals surface area contributed by atoms with E-state index < -0.39 is 0 Å². The van der Waals surface area contributed by atoms with Gasteiger partial charge in [0.15, 0.2) is 5.69 Å². The number of aromatic nitrogens is 2. The van der Waals surface area contributed by atoms with E-state index >= 15 is 0 Å². The molecular weight excluding hydrogens is 206 g/mol. The van der Waals surface area contributed by atoms with Crippen molar-refractivity contribution in [1.29, 1.82) is 0 Å². The molecule has 1 aromatic rings. The third kappa shape index (κ3) is 2.24. The Hall–Kier alpha value is -1.36. The highest BCUT2D eigenvalue weighted by atomic mass is 16.5. The van der Waals surface area contributed by atoms with Gasteiger partial charge in [-0.25, -0.2) is 4.79 Å². The van der Waals surface area contributed by atoms with Crippen LogP contribution in [0.3, 0.4) is 0 Å². The fourth-order valence-electron chi connectivity index (χ4n) is 1.86. The van der Waals surface area contributed by atoms with Crippen LogP contribution >= 0.6 is 0 Å². The molecule has 1 N–H and O–H groups in total. The molecule has 1 aromatic heterocycles. The topological polar surface area (TPSA) is 56.1 Å². The molecule has 1 fully saturated rings. The molecular formula is C11H17N3O2. The summed E-state index contributed by atoms with van der Waals surface area (Å²) in [5, 5.41) is 7.38. The molecule has 5 heteroatoms. The van der Waals surface area contributed by atoms with E-state index in [1.54, 1.807) is 11.6 Å². The molecule has 1 aliphatic rings. The van der Waals surface area contributed by atoms with Crippen molar-refractivity contribution >= 4 is 5.97 Å². The molecule has 1 aliphatic heterocycles. The van der Waals surface area contributed by atoms with Crippen LogP contribution in [-0.2, 0) is 18.2 Å². The van der Waals surface area contributed by atoms with Gasteiger partial charge >= 0.3 is 5.97 Å². The third-order valence-electron chi connectivity index (χ3n) is 2.75. The lowest BCUT2D eigenvalue weighted by Crippen LogP contribution is -2.43. The summed E-state index contributed by atoms with van der Waals surface area (Å²) in [6.45, 7) is 4.24. The minimum absolute atomic E-state index is 0.314. The lowest BCUT2D eigenvalue weighted by molar-refractivity contribution is 0.0517. The number of ether oxygens (including phenoxy) is 1. The van der Waals surface area contributed by atoms with Crippen LogP contribution in [0, 0.1) is 5.92 Å². The fraction of sp³-hybridized carbons (Fsp3) is 0.636. The van der Waals surface area contributed by atoms with Crippen molar-refractivity contribution in [3.05, 3.63) is 17.5 Å². The fourth-order valence-corrected chi connectivity index (χ4v) is 1.86. The van der Waals surface area contributed by atoms with Crippen molar-refractivity contribution in [3.63, 3.8) is 0 Å². The van der Waals surface area contributed by atoms with Gasteiger partial charge in [0.1, 0.15) is 0 Å². The van der Waals surface area contributed by atoms with E-state index in [-0.39, 0.29) is 5.97 Å². The number of rotatable bonds is 4. The van der Waals surface area contributed by atoms with Crippen LogP contribution < -0.4 is 5.32 Å². The quantitative estimate of drug-likeness (QED) is 0.749. The predicted octanol–water partition coefficient (Wildman–Crippen LogP) is 0.359. The molecule has 0 atom stereocenters. The minimum atomic E-state index is -0.314. The van der Waals surface area contributed by atoms with Crippen LogP contribution in [0.5, 0.6) is 0 Å². The van der Waals surface area contributed by atoms with Crippen molar-refractivity contribution in [2.24, 2.45) is 13.0 Å². The Morgan fingerprint density at radius 2 is 2.44 bits per heavy atom. The van der Waals surface area contributed by atoms with E-state index in [0.717, 1.165) is 25.1 Å². The van der Waals surface area contributed by atoms with E-state index in [2.05, 4.69) is 10.4 Å². The molecule has 0 radical (unpaired) electrons. The van der Waals surface area contributed by atoms with Crippen LogP contribution in [-0.4, -0.2) is 35.4 Å². The van der Waals surface area contributed by atoms with Gasteiger partial charge in [0.25, 0.3) is 0 Å². The van der Waals surface area contributed by atoms with Gasteiger partial charge in [-0.15, -0.1) is 0 Å². The van der Waals surface area contributed by atoms with Crippen molar-refractivity contribution in [1.82, 2.24) is 15.1 Å². The van der Waals surface area contributed by atoms with E-state index in [1.165, 1.54) is 0 Å². The summed E-state index contributed by atoms with van der Waals surface area (Å²) in [4.78, 5) is 11.7. The maximum atomic E-state index is 11.7. The average molecular weight is 223 g/mol. The van der Waals surface area contributed by atoms with Crippen molar-refractivity contribution in [2.75, 3.05) is 19.7 Å². The molecule has 0 unspecified atom stereocenters. The minimum Gasteiger partial charge on any atom is -0.461 e. The van der Waals surface area contributed by atoms with Crippen LogP contribution in [0.2, 0.25) is 0 Å². The Bertz CT molecular complexity index is 383. The van der Waals surface area contributed by atoms with Crippen LogP contribution in [0.1, 0.15) is 23.0 Å². The first kappa shape index (κ1) is 11.1. The summed E-state index contributed by atoms with van der Waals surface area (Å²) in [6.07, 6.45) is 2.81. The monoisotopic (exact) mass is 223 g/mol. The summed E-state index contributed by atoms with van der Waals surface area (Å²) in [5.74, 6) is 0.308. The van der Waals surface area contributed by atoms with Crippen molar-refractivity contribution in [2.45, 2.75) is 13.3 Å². The van der Waals surface area contributed by atoms with Gasteiger partial charge in [-0.1, -0.05) is 0 Å². The third-order valence-corrected chi connectivity index (χ3v) is 2.75. The van der Waals surface area contributed by atoms with E-state index in [9.17, 15) is 4.79 Å². The summed E-state index contributed by atoms with van der Waals surface area (Å²) < 4.78 is 6.66. The van der Waals surface area contributed by atoms with Crippen LogP contribution in [0.4, 0.5) is 0 Å². The SMILES string of the molecule is CCOC(=O)c1nn(C)cc1CC1CNC1. The highest BCUT2D eigenvalue weighted by Gasteiger charge is 2.23. The Kier molecular flexibility index (Phi) is 3.24. The first-order chi connectivity index (χ1) is 7.70. The second-order valence-corrected chi connectivity index (χ2v) is 4.13. The molecule has 88 valence electrons. The molecule has 2 rings (SSSR count). The number of hydrogen-bond acceptors (Lipinski definition) is 4. The smallest absolute Gasteiger partial charge is 0.359 e. The summed E-state index contributed by atoms with van der Waals surface area (Å²) in [5.41, 5.74) is 1.46. The zero-order valence-corrected chi connectivity index (χ0v) is 9.69. The summed E-state index contributed by atoms with van der Waals surface area (Å²) in [6, 6.07) is 0. The predicted molar refractivity (Wildman–Crippen MR) is 59.2 cm³/mol. The molecule has 2 heterocycles. The summed E-state index contributed by atoms with van der Waals surface area (Å²) >= 11 is 0. The van der Waals surface area contributed by atoms with Crippen LogP contribution in [0.25, 0.3) is 0 Å². The number of esters is 1. The zero-order chi connectivity index (χ0) is 11.5. The second-order valence-electron chi connectivity index (χ2n) is 4.13. The number of carbonyl (C=O) groups excluding carboxylic acids is 1. The Labute approximate surface area is 94.8 Å². The standard InChI is InChI=1S/C11H17N3O2/c1-3-16-11(15)10-9(7-14(2)13-10)4-8-5-12-6-8/h7-8,12H,3-6H2,1-2H3. The normalized spacial score (nSPS) is 15.9. The Balaban J connectivity index is 2.12. The Morgan fingerprint density at radius 1 is 1.69 bits per heavy atom. The maximum Gasteiger partial charge on any atom is 0.359 e. The zero-order valence-electron chi connectivity index (χ0n) is 9.69. The van der Waals surface area contributed by atoms with Crippen LogP contribution in [0.15, 0.2) is 6.20 Å². The van der Waals surface area contributed by atoms with Crippen molar-refractivity contribution in [3.8, 4) is 0 Å². The second kappa shape index (κ2) is 4.65. The number of nitrogens with zero attached hydrogens (tertiary/aromatic N) is 2. The van der Waals surface area contributed by atoms with Gasteiger partial charge in [-0.05, 0) is 32.4 Å². The van der Waals surface area contributed by atoms with Crippen molar-refractivity contribution < 1.29 is 9.53 Å². The highest BCUT2D eigenvalue weighted by molar-refractivity contribution is 5.88. The molecule has 16 heavy (non-hydrogen) atoms. The molecule has 0 saturated carbocycles. The maximum absolute atomic E-state index is 11.7. The van der Waals surface area contributed by atoms with E-state index in [0.29, 0.717) is 18.2 Å². The summed E-state index contributed by atoms with van der Waals surface area (Å²) in [7, 11) is 1.82. The molecule has 5 nitrogen and oxygen atoms in total. The molecule has 0 bridgehead atoms. The lowest BCUT2D eigenvalue weighted by Gasteiger charge is -2.26. The van der Waals surface area contributed by atoms with Gasteiger partial charge < -0.3 is 10.1 Å². The first-order valence-electron chi connectivity index (χ1n) is 5.61. The highest BCUT2D eigenvalue weighted by Crippen LogP contribution is 2.16. The Morgan fingerprint density at radius 3 is 3.00 bits per heavy atom. The molecule has 0 amide bonds. The number of nitrogens with one attached hydrogen (secondary N) is 1.